The van der Waals surface area contributed by atoms with E-state index in [-0.39, 0.29) is 0 Å². The molecule has 0 fully saturated rings. The molecule has 1 rings (SSSR count). The van der Waals surface area contributed by atoms with Gasteiger partial charge in [0.25, 0.3) is 0 Å². The summed E-state index contributed by atoms with van der Waals surface area (Å²) in [6.07, 6.45) is 1.40. The Labute approximate surface area is 83.7 Å². The topological polar surface area (TPSA) is 17.1 Å². The minimum Gasteiger partial charge on any atom is -0.302 e. The summed E-state index contributed by atoms with van der Waals surface area (Å²) in [5, 5.41) is -0.402. The highest BCUT2D eigenvalue weighted by atomic mass is 35.5. The Hall–Kier alpha value is -0.820. The van der Waals surface area contributed by atoms with Crippen LogP contribution in [0.4, 0.5) is 0 Å². The first-order valence-corrected chi connectivity index (χ1v) is 4.73. The van der Waals surface area contributed by atoms with Crippen molar-refractivity contribution in [2.75, 3.05) is 0 Å². The Balaban J connectivity index is 2.88. The molecule has 0 heterocycles. The van der Waals surface area contributed by atoms with Crippen molar-refractivity contribution in [2.45, 2.75) is 25.6 Å². The average Bonchev–Trinajstić information content (AvgIpc) is 2.13. The number of alkyl halides is 1. The highest BCUT2D eigenvalue weighted by Gasteiger charge is 2.06. The first-order valence-electron chi connectivity index (χ1n) is 4.29. The molecule has 1 aromatic rings. The second-order valence-corrected chi connectivity index (χ2v) is 3.78. The molecule has 70 valence electrons. The number of benzene rings is 1. The molecule has 0 bridgehead atoms. The number of hydrogen-bond donors (Lipinski definition) is 0. The van der Waals surface area contributed by atoms with Gasteiger partial charge in [0.15, 0.2) is 0 Å². The summed E-state index contributed by atoms with van der Waals surface area (Å²) in [5.74, 6) is 0. The van der Waals surface area contributed by atoms with Crippen LogP contribution < -0.4 is 0 Å². The van der Waals surface area contributed by atoms with Crippen molar-refractivity contribution >= 4 is 17.9 Å². The monoisotopic (exact) mass is 196 g/mol. The Morgan fingerprint density at radius 2 is 2.15 bits per heavy atom. The molecule has 0 N–H and O–H groups in total. The summed E-state index contributed by atoms with van der Waals surface area (Å²) in [6, 6.07) is 6.07. The fraction of sp³-hybridized carbons (Fsp3) is 0.364. The van der Waals surface area contributed by atoms with Gasteiger partial charge in [-0.3, -0.25) is 0 Å². The molecule has 0 aliphatic rings. The van der Waals surface area contributed by atoms with Gasteiger partial charge >= 0.3 is 0 Å². The standard InChI is InChI=1S/C11H13ClO/c1-8-4-3-5-10(9(8)2)6-11(12)7-13/h3-5,7,11H,6H2,1-2H3. The maximum atomic E-state index is 10.4. The molecule has 0 aromatic heterocycles. The molecule has 1 atom stereocenters. The van der Waals surface area contributed by atoms with E-state index in [1.54, 1.807) is 0 Å². The predicted molar refractivity (Wildman–Crippen MR) is 55.3 cm³/mol. The van der Waals surface area contributed by atoms with Gasteiger partial charge in [0.05, 0.1) is 5.38 Å². The van der Waals surface area contributed by atoms with E-state index in [1.165, 1.54) is 11.1 Å². The van der Waals surface area contributed by atoms with Gasteiger partial charge in [0, 0.05) is 0 Å². The van der Waals surface area contributed by atoms with Gasteiger partial charge in [-0.05, 0) is 37.0 Å². The normalized spacial score (nSPS) is 12.5. The van der Waals surface area contributed by atoms with Gasteiger partial charge in [0.2, 0.25) is 0 Å². The molecule has 1 aromatic carbocycles. The van der Waals surface area contributed by atoms with Crippen molar-refractivity contribution in [1.82, 2.24) is 0 Å². The van der Waals surface area contributed by atoms with Crippen molar-refractivity contribution in [3.63, 3.8) is 0 Å². The third-order valence-electron chi connectivity index (χ3n) is 2.28. The quantitative estimate of drug-likeness (QED) is 0.537. The molecule has 0 radical (unpaired) electrons. The van der Waals surface area contributed by atoms with Crippen LogP contribution in [0.25, 0.3) is 0 Å². The van der Waals surface area contributed by atoms with E-state index in [9.17, 15) is 4.79 Å². The number of halogens is 1. The molecule has 0 aliphatic heterocycles. The van der Waals surface area contributed by atoms with E-state index in [2.05, 4.69) is 19.9 Å². The largest absolute Gasteiger partial charge is 0.302 e. The second kappa shape index (κ2) is 4.43. The first-order chi connectivity index (χ1) is 6.15. The zero-order valence-electron chi connectivity index (χ0n) is 7.88. The van der Waals surface area contributed by atoms with E-state index in [0.717, 1.165) is 11.8 Å². The Morgan fingerprint density at radius 3 is 2.77 bits per heavy atom. The number of carbonyl (C=O) groups excluding carboxylic acids is 1. The summed E-state index contributed by atoms with van der Waals surface area (Å²) >= 11 is 5.76. The summed E-state index contributed by atoms with van der Waals surface area (Å²) in [5.41, 5.74) is 3.63. The maximum Gasteiger partial charge on any atom is 0.138 e. The van der Waals surface area contributed by atoms with Gasteiger partial charge in [0.1, 0.15) is 6.29 Å². The summed E-state index contributed by atoms with van der Waals surface area (Å²) in [6.45, 7) is 4.11. The van der Waals surface area contributed by atoms with E-state index in [4.69, 9.17) is 11.6 Å². The summed E-state index contributed by atoms with van der Waals surface area (Å²) in [7, 11) is 0. The minimum absolute atomic E-state index is 0.402. The molecular weight excluding hydrogens is 184 g/mol. The van der Waals surface area contributed by atoms with E-state index >= 15 is 0 Å². The predicted octanol–water partition coefficient (Wildman–Crippen LogP) is 2.65. The number of carbonyl (C=O) groups is 1. The summed E-state index contributed by atoms with van der Waals surface area (Å²) in [4.78, 5) is 10.4. The molecule has 13 heavy (non-hydrogen) atoms. The Morgan fingerprint density at radius 1 is 1.46 bits per heavy atom. The molecular formula is C11H13ClO. The molecule has 0 aliphatic carbocycles. The van der Waals surface area contributed by atoms with Gasteiger partial charge in [-0.15, -0.1) is 11.6 Å². The smallest absolute Gasteiger partial charge is 0.138 e. The van der Waals surface area contributed by atoms with Crippen molar-refractivity contribution in [2.24, 2.45) is 0 Å². The van der Waals surface area contributed by atoms with Crippen LogP contribution in [0.1, 0.15) is 16.7 Å². The lowest BCUT2D eigenvalue weighted by Crippen LogP contribution is -2.06. The van der Waals surface area contributed by atoms with Crippen molar-refractivity contribution in [3.05, 3.63) is 34.9 Å². The maximum absolute atomic E-state index is 10.4. The van der Waals surface area contributed by atoms with Crippen molar-refractivity contribution in [1.29, 1.82) is 0 Å². The first kappa shape index (κ1) is 10.3. The van der Waals surface area contributed by atoms with Crippen LogP contribution in [0.2, 0.25) is 0 Å². The summed E-state index contributed by atoms with van der Waals surface area (Å²) < 4.78 is 0. The molecule has 0 saturated heterocycles. The lowest BCUT2D eigenvalue weighted by molar-refractivity contribution is -0.107. The van der Waals surface area contributed by atoms with Crippen LogP contribution in [0.5, 0.6) is 0 Å². The Kier molecular flexibility index (Phi) is 3.49. The average molecular weight is 197 g/mol. The van der Waals surface area contributed by atoms with Crippen LogP contribution in [0.15, 0.2) is 18.2 Å². The van der Waals surface area contributed by atoms with Crippen LogP contribution in [0.3, 0.4) is 0 Å². The number of aldehydes is 1. The van der Waals surface area contributed by atoms with Crippen LogP contribution in [-0.4, -0.2) is 11.7 Å². The molecule has 0 saturated carbocycles. The van der Waals surface area contributed by atoms with Gasteiger partial charge in [-0.2, -0.15) is 0 Å². The lowest BCUT2D eigenvalue weighted by Gasteiger charge is -2.08. The second-order valence-electron chi connectivity index (χ2n) is 3.22. The molecule has 0 spiro atoms. The third-order valence-corrected chi connectivity index (χ3v) is 2.54. The molecule has 2 heteroatoms. The Bertz CT molecular complexity index is 307. The molecule has 0 amide bonds. The lowest BCUT2D eigenvalue weighted by atomic mass is 10.00. The van der Waals surface area contributed by atoms with Crippen LogP contribution in [-0.2, 0) is 11.2 Å². The van der Waals surface area contributed by atoms with Crippen molar-refractivity contribution < 1.29 is 4.79 Å². The van der Waals surface area contributed by atoms with Crippen molar-refractivity contribution in [3.8, 4) is 0 Å². The number of hydrogen-bond acceptors (Lipinski definition) is 1. The van der Waals surface area contributed by atoms with Gasteiger partial charge in [-0.1, -0.05) is 18.2 Å². The zero-order valence-corrected chi connectivity index (χ0v) is 8.64. The number of rotatable bonds is 3. The van der Waals surface area contributed by atoms with Crippen LogP contribution >= 0.6 is 11.6 Å². The van der Waals surface area contributed by atoms with E-state index in [1.807, 2.05) is 12.1 Å². The molecule has 1 unspecified atom stereocenters. The van der Waals surface area contributed by atoms with Gasteiger partial charge < -0.3 is 4.79 Å². The molecule has 1 nitrogen and oxygen atoms in total. The van der Waals surface area contributed by atoms with Crippen LogP contribution in [0, 0.1) is 13.8 Å². The SMILES string of the molecule is Cc1cccc(CC(Cl)C=O)c1C. The fourth-order valence-corrected chi connectivity index (χ4v) is 1.46. The van der Waals surface area contributed by atoms with Gasteiger partial charge in [-0.25, -0.2) is 0 Å². The third kappa shape index (κ3) is 2.56. The van der Waals surface area contributed by atoms with E-state index < -0.39 is 5.38 Å². The highest BCUT2D eigenvalue weighted by Crippen LogP contribution is 2.15. The van der Waals surface area contributed by atoms with E-state index in [0.29, 0.717) is 6.42 Å². The highest BCUT2D eigenvalue weighted by molar-refractivity contribution is 6.27. The minimum atomic E-state index is -0.402. The zero-order chi connectivity index (χ0) is 9.84. The number of aryl methyl sites for hydroxylation is 1. The fourth-order valence-electron chi connectivity index (χ4n) is 1.29.